The van der Waals surface area contributed by atoms with Gasteiger partial charge in [0.05, 0.1) is 0 Å². The smallest absolute Gasteiger partial charge is 0.251 e. The monoisotopic (exact) mass is 259 g/mol. The minimum Gasteiger partial charge on any atom is -0.364 e. The first kappa shape index (κ1) is 13.1. The summed E-state index contributed by atoms with van der Waals surface area (Å²) in [7, 11) is 0. The van der Waals surface area contributed by atoms with Crippen LogP contribution in [0.2, 0.25) is 0 Å². The number of halogens is 3. The van der Waals surface area contributed by atoms with Gasteiger partial charge in [0.2, 0.25) is 0 Å². The molecule has 1 aromatic rings. The number of pyridine rings is 1. The minimum absolute atomic E-state index is 0.0190. The lowest BCUT2D eigenvalue weighted by Gasteiger charge is -2.32. The van der Waals surface area contributed by atoms with Gasteiger partial charge in [0.15, 0.2) is 17.5 Å². The molecule has 2 rings (SSSR count). The molecule has 0 saturated carbocycles. The maximum Gasteiger partial charge on any atom is 0.251 e. The summed E-state index contributed by atoms with van der Waals surface area (Å²) < 4.78 is 39.1. The summed E-state index contributed by atoms with van der Waals surface area (Å²) in [6.07, 6.45) is 1.87. The summed E-state index contributed by atoms with van der Waals surface area (Å²) >= 11 is 0. The van der Waals surface area contributed by atoms with Crippen molar-refractivity contribution in [2.75, 3.05) is 25.0 Å². The fourth-order valence-electron chi connectivity index (χ4n) is 2.20. The van der Waals surface area contributed by atoms with Gasteiger partial charge in [-0.05, 0) is 25.9 Å². The highest BCUT2D eigenvalue weighted by atomic mass is 19.2. The Morgan fingerprint density at radius 3 is 2.89 bits per heavy atom. The molecule has 0 spiro atoms. The zero-order chi connectivity index (χ0) is 13.1. The van der Waals surface area contributed by atoms with Gasteiger partial charge in [-0.15, -0.1) is 0 Å². The van der Waals surface area contributed by atoms with Gasteiger partial charge >= 0.3 is 0 Å². The molecule has 0 bridgehead atoms. The van der Waals surface area contributed by atoms with Crippen LogP contribution < -0.4 is 5.32 Å². The molecule has 0 amide bonds. The molecule has 1 aromatic heterocycles. The van der Waals surface area contributed by atoms with Gasteiger partial charge < -0.3 is 10.2 Å². The van der Waals surface area contributed by atoms with E-state index in [-0.39, 0.29) is 11.9 Å². The molecular weight excluding hydrogens is 243 g/mol. The van der Waals surface area contributed by atoms with Crippen LogP contribution in [-0.4, -0.2) is 35.6 Å². The molecule has 3 nitrogen and oxygen atoms in total. The van der Waals surface area contributed by atoms with E-state index in [0.29, 0.717) is 6.07 Å². The lowest BCUT2D eigenvalue weighted by molar-refractivity contribution is 0.226. The first-order valence-electron chi connectivity index (χ1n) is 6.10. The van der Waals surface area contributed by atoms with Crippen molar-refractivity contribution in [1.82, 2.24) is 9.88 Å². The average Bonchev–Trinajstić information content (AvgIpc) is 2.36. The van der Waals surface area contributed by atoms with E-state index in [1.54, 1.807) is 0 Å². The molecule has 1 N–H and O–H groups in total. The van der Waals surface area contributed by atoms with Crippen LogP contribution in [0.15, 0.2) is 6.07 Å². The average molecular weight is 259 g/mol. The predicted molar refractivity (Wildman–Crippen MR) is 62.9 cm³/mol. The standard InChI is InChI=1S/C12H16F3N3/c1-2-18-5-3-4-8(7-18)16-12-10(14)6-9(13)11(15)17-12/h6,8H,2-5,7H2,1H3,(H,16,17). The van der Waals surface area contributed by atoms with Gasteiger partial charge in [0.1, 0.15) is 0 Å². The van der Waals surface area contributed by atoms with Gasteiger partial charge in [-0.25, -0.2) is 8.78 Å². The summed E-state index contributed by atoms with van der Waals surface area (Å²) in [4.78, 5) is 5.49. The minimum atomic E-state index is -1.28. The summed E-state index contributed by atoms with van der Waals surface area (Å²) in [6.45, 7) is 4.75. The topological polar surface area (TPSA) is 28.2 Å². The SMILES string of the molecule is CCN1CCCC(Nc2nc(F)c(F)cc2F)C1. The van der Waals surface area contributed by atoms with E-state index in [9.17, 15) is 13.2 Å². The number of hydrogen-bond acceptors (Lipinski definition) is 3. The van der Waals surface area contributed by atoms with E-state index in [0.717, 1.165) is 32.5 Å². The Hall–Kier alpha value is -1.30. The number of likely N-dealkylation sites (N-methyl/N-ethyl adjacent to an activating group) is 1. The molecule has 100 valence electrons. The summed E-state index contributed by atoms with van der Waals surface area (Å²) in [6, 6.07) is 0.538. The molecule has 0 radical (unpaired) electrons. The van der Waals surface area contributed by atoms with Crippen LogP contribution in [-0.2, 0) is 0 Å². The quantitative estimate of drug-likeness (QED) is 0.845. The third-order valence-corrected chi connectivity index (χ3v) is 3.18. The van der Waals surface area contributed by atoms with Crippen LogP contribution in [0.3, 0.4) is 0 Å². The highest BCUT2D eigenvalue weighted by Crippen LogP contribution is 2.18. The fourth-order valence-corrected chi connectivity index (χ4v) is 2.20. The summed E-state index contributed by atoms with van der Waals surface area (Å²) in [5, 5.41) is 2.85. The zero-order valence-electron chi connectivity index (χ0n) is 10.2. The van der Waals surface area contributed by atoms with E-state index >= 15 is 0 Å². The third-order valence-electron chi connectivity index (χ3n) is 3.18. The molecule has 0 aromatic carbocycles. The number of anilines is 1. The van der Waals surface area contributed by atoms with E-state index in [1.807, 2.05) is 0 Å². The molecule has 6 heteroatoms. The molecule has 1 saturated heterocycles. The Balaban J connectivity index is 2.07. The fraction of sp³-hybridized carbons (Fsp3) is 0.583. The molecule has 0 aliphatic carbocycles. The van der Waals surface area contributed by atoms with Crippen molar-refractivity contribution < 1.29 is 13.2 Å². The Kier molecular flexibility index (Phi) is 4.06. The maximum atomic E-state index is 13.4. The number of nitrogens with zero attached hydrogens (tertiary/aromatic N) is 2. The molecule has 2 heterocycles. The van der Waals surface area contributed by atoms with Gasteiger partial charge in [0.25, 0.3) is 5.95 Å². The largest absolute Gasteiger partial charge is 0.364 e. The molecule has 1 aliphatic rings. The number of hydrogen-bond donors (Lipinski definition) is 1. The van der Waals surface area contributed by atoms with Crippen LogP contribution in [0, 0.1) is 17.6 Å². The molecule has 1 fully saturated rings. The van der Waals surface area contributed by atoms with Crippen LogP contribution in [0.4, 0.5) is 19.0 Å². The van der Waals surface area contributed by atoms with Gasteiger partial charge in [-0.3, -0.25) is 0 Å². The van der Waals surface area contributed by atoms with Gasteiger partial charge in [0, 0.05) is 18.7 Å². The van der Waals surface area contributed by atoms with Crippen LogP contribution >= 0.6 is 0 Å². The van der Waals surface area contributed by atoms with Crippen molar-refractivity contribution in [1.29, 1.82) is 0 Å². The Labute approximate surface area is 104 Å². The molecular formula is C12H16F3N3. The summed E-state index contributed by atoms with van der Waals surface area (Å²) in [5.74, 6) is -3.61. The third kappa shape index (κ3) is 2.93. The van der Waals surface area contributed by atoms with Crippen molar-refractivity contribution in [2.24, 2.45) is 0 Å². The van der Waals surface area contributed by atoms with Crippen molar-refractivity contribution in [3.8, 4) is 0 Å². The van der Waals surface area contributed by atoms with Crippen molar-refractivity contribution in [3.63, 3.8) is 0 Å². The summed E-state index contributed by atoms with van der Waals surface area (Å²) in [5.41, 5.74) is 0. The predicted octanol–water partition coefficient (Wildman–Crippen LogP) is 2.40. The normalized spacial score (nSPS) is 21.0. The highest BCUT2D eigenvalue weighted by molar-refractivity contribution is 5.37. The zero-order valence-corrected chi connectivity index (χ0v) is 10.2. The van der Waals surface area contributed by atoms with Crippen molar-refractivity contribution in [3.05, 3.63) is 23.6 Å². The molecule has 1 atom stereocenters. The lowest BCUT2D eigenvalue weighted by atomic mass is 10.1. The molecule has 1 unspecified atom stereocenters. The number of rotatable bonds is 3. The molecule has 1 aliphatic heterocycles. The molecule has 18 heavy (non-hydrogen) atoms. The van der Waals surface area contributed by atoms with Gasteiger partial charge in [-0.2, -0.15) is 9.37 Å². The lowest BCUT2D eigenvalue weighted by Crippen LogP contribution is -2.42. The second-order valence-corrected chi connectivity index (χ2v) is 4.47. The van der Waals surface area contributed by atoms with Crippen LogP contribution in [0.25, 0.3) is 0 Å². The second-order valence-electron chi connectivity index (χ2n) is 4.47. The Morgan fingerprint density at radius 2 is 2.17 bits per heavy atom. The Bertz CT molecular complexity index is 425. The first-order valence-corrected chi connectivity index (χ1v) is 6.10. The number of likely N-dealkylation sites (tertiary alicyclic amines) is 1. The van der Waals surface area contributed by atoms with Crippen LogP contribution in [0.5, 0.6) is 0 Å². The highest BCUT2D eigenvalue weighted by Gasteiger charge is 2.21. The Morgan fingerprint density at radius 1 is 1.39 bits per heavy atom. The number of nitrogens with one attached hydrogen (secondary N) is 1. The number of piperidine rings is 1. The van der Waals surface area contributed by atoms with Gasteiger partial charge in [-0.1, -0.05) is 6.92 Å². The van der Waals surface area contributed by atoms with Crippen molar-refractivity contribution in [2.45, 2.75) is 25.8 Å². The maximum absolute atomic E-state index is 13.4. The van der Waals surface area contributed by atoms with Crippen molar-refractivity contribution >= 4 is 5.82 Å². The van der Waals surface area contributed by atoms with E-state index in [1.165, 1.54) is 0 Å². The first-order chi connectivity index (χ1) is 8.60. The second kappa shape index (κ2) is 5.56. The van der Waals surface area contributed by atoms with E-state index < -0.39 is 17.6 Å². The number of aromatic nitrogens is 1. The van der Waals surface area contributed by atoms with E-state index in [2.05, 4.69) is 22.1 Å². The van der Waals surface area contributed by atoms with E-state index in [4.69, 9.17) is 0 Å². The van der Waals surface area contributed by atoms with Crippen LogP contribution in [0.1, 0.15) is 19.8 Å².